The van der Waals surface area contributed by atoms with E-state index in [4.69, 9.17) is 4.74 Å². The second-order valence-electron chi connectivity index (χ2n) is 11.8. The van der Waals surface area contributed by atoms with Crippen LogP contribution in [0.2, 0.25) is 0 Å². The number of aromatic amines is 1. The van der Waals surface area contributed by atoms with Crippen molar-refractivity contribution >= 4 is 15.7 Å². The summed E-state index contributed by atoms with van der Waals surface area (Å²) in [6, 6.07) is 10.7. The molecule has 0 unspecified atom stereocenters. The molecule has 2 aromatic carbocycles. The van der Waals surface area contributed by atoms with E-state index in [1.165, 1.54) is 75.5 Å². The molecule has 5 rings (SSSR count). The fourth-order valence-electron chi connectivity index (χ4n) is 6.30. The maximum absolute atomic E-state index is 13.2. The van der Waals surface area contributed by atoms with Gasteiger partial charge in [0.05, 0.1) is 17.6 Å². The SMILES string of the molecule is COc1cc(C(F)(F)F)ccc1S(=O)(=O)c1ccc(CNC(=O)c2cc3c([nH]2)CCN(C2CCCCCCCCC2)C3)cc1. The molecule has 1 aromatic heterocycles. The van der Waals surface area contributed by atoms with Crippen molar-refractivity contribution in [1.82, 2.24) is 15.2 Å². The number of sulfone groups is 1. The summed E-state index contributed by atoms with van der Waals surface area (Å²) in [4.78, 5) is 18.5. The van der Waals surface area contributed by atoms with E-state index in [-0.39, 0.29) is 28.0 Å². The Hall–Kier alpha value is -3.31. The van der Waals surface area contributed by atoms with Crippen molar-refractivity contribution in [2.45, 2.75) is 99.3 Å². The lowest BCUT2D eigenvalue weighted by Gasteiger charge is -2.35. The molecule has 1 amide bonds. The molecular weight excluding hydrogens is 591 g/mol. The van der Waals surface area contributed by atoms with Gasteiger partial charge in [-0.1, -0.05) is 57.1 Å². The number of fused-ring (bicyclic) bond motifs is 1. The van der Waals surface area contributed by atoms with Gasteiger partial charge in [0.25, 0.3) is 5.91 Å². The van der Waals surface area contributed by atoms with Crippen LogP contribution in [0, 0.1) is 0 Å². The number of methoxy groups -OCH3 is 1. The quantitative estimate of drug-likeness (QED) is 0.292. The number of aromatic nitrogens is 1. The van der Waals surface area contributed by atoms with Crippen LogP contribution < -0.4 is 10.1 Å². The minimum absolute atomic E-state index is 0.0947. The molecule has 7 nitrogen and oxygen atoms in total. The van der Waals surface area contributed by atoms with Crippen molar-refractivity contribution in [3.05, 3.63) is 76.6 Å². The van der Waals surface area contributed by atoms with Gasteiger partial charge in [-0.3, -0.25) is 9.69 Å². The summed E-state index contributed by atoms with van der Waals surface area (Å²) in [7, 11) is -3.02. The number of ether oxygens (including phenoxy) is 1. The third kappa shape index (κ3) is 7.48. The molecule has 11 heteroatoms. The lowest BCUT2D eigenvalue weighted by Crippen LogP contribution is -2.39. The van der Waals surface area contributed by atoms with Crippen molar-refractivity contribution in [3.8, 4) is 5.75 Å². The van der Waals surface area contributed by atoms with E-state index >= 15 is 0 Å². The van der Waals surface area contributed by atoms with Crippen LogP contribution in [0.15, 0.2) is 58.3 Å². The van der Waals surface area contributed by atoms with Gasteiger partial charge in [-0.2, -0.15) is 13.2 Å². The monoisotopic (exact) mass is 631 g/mol. The van der Waals surface area contributed by atoms with Gasteiger partial charge in [-0.05, 0) is 60.4 Å². The third-order valence-electron chi connectivity index (χ3n) is 8.82. The van der Waals surface area contributed by atoms with Crippen LogP contribution in [0.5, 0.6) is 5.75 Å². The number of carbonyl (C=O) groups is 1. The van der Waals surface area contributed by atoms with Crippen LogP contribution >= 0.6 is 0 Å². The number of nitrogens with one attached hydrogen (secondary N) is 2. The first-order valence-electron chi connectivity index (χ1n) is 15.4. The molecule has 2 aliphatic rings. The molecule has 0 radical (unpaired) electrons. The highest BCUT2D eigenvalue weighted by atomic mass is 32.2. The number of amides is 1. The van der Waals surface area contributed by atoms with E-state index in [1.54, 1.807) is 12.1 Å². The summed E-state index contributed by atoms with van der Waals surface area (Å²) in [6.45, 7) is 2.02. The molecule has 1 fully saturated rings. The molecule has 0 spiro atoms. The van der Waals surface area contributed by atoms with Crippen LogP contribution in [-0.4, -0.2) is 43.9 Å². The molecule has 2 heterocycles. The van der Waals surface area contributed by atoms with E-state index < -0.39 is 21.6 Å². The van der Waals surface area contributed by atoms with Gasteiger partial charge in [0.1, 0.15) is 16.3 Å². The Morgan fingerprint density at radius 2 is 1.64 bits per heavy atom. The van der Waals surface area contributed by atoms with Gasteiger partial charge in [0, 0.05) is 37.8 Å². The standard InChI is InChI=1S/C33H40F3N3O4S/c1-43-30-20-25(33(34,35)36)13-16-31(30)44(41,42)27-14-11-23(12-15-27)21-37-32(40)29-19-24-22-39(18-17-28(24)38-29)26-9-7-5-3-2-4-6-8-10-26/h11-16,19-20,26,38H,2-10,17-18,21-22H2,1H3,(H,37,40). The van der Waals surface area contributed by atoms with Crippen molar-refractivity contribution in [1.29, 1.82) is 0 Å². The summed E-state index contributed by atoms with van der Waals surface area (Å²) in [5.74, 6) is -0.626. The lowest BCUT2D eigenvalue weighted by molar-refractivity contribution is -0.137. The zero-order chi connectivity index (χ0) is 31.3. The maximum Gasteiger partial charge on any atom is 0.416 e. The zero-order valence-corrected chi connectivity index (χ0v) is 25.8. The average molecular weight is 632 g/mol. The van der Waals surface area contributed by atoms with E-state index in [0.29, 0.717) is 23.4 Å². The van der Waals surface area contributed by atoms with Gasteiger partial charge in [0.2, 0.25) is 9.84 Å². The minimum Gasteiger partial charge on any atom is -0.495 e. The Morgan fingerprint density at radius 1 is 0.977 bits per heavy atom. The maximum atomic E-state index is 13.2. The fourth-order valence-corrected chi connectivity index (χ4v) is 7.70. The van der Waals surface area contributed by atoms with Crippen LogP contribution in [0.1, 0.15) is 90.7 Å². The van der Waals surface area contributed by atoms with Crippen LogP contribution in [-0.2, 0) is 35.5 Å². The van der Waals surface area contributed by atoms with Crippen molar-refractivity contribution in [2.24, 2.45) is 0 Å². The average Bonchev–Trinajstić information content (AvgIpc) is 3.45. The van der Waals surface area contributed by atoms with Crippen molar-refractivity contribution in [3.63, 3.8) is 0 Å². The van der Waals surface area contributed by atoms with Gasteiger partial charge in [-0.15, -0.1) is 0 Å². The normalized spacial score (nSPS) is 17.5. The predicted octanol–water partition coefficient (Wildman–Crippen LogP) is 7.06. The number of nitrogens with zero attached hydrogens (tertiary/aromatic N) is 1. The number of rotatable bonds is 7. The Balaban J connectivity index is 1.20. The van der Waals surface area contributed by atoms with E-state index in [2.05, 4.69) is 15.2 Å². The van der Waals surface area contributed by atoms with E-state index in [0.717, 1.165) is 44.4 Å². The van der Waals surface area contributed by atoms with E-state index in [9.17, 15) is 26.4 Å². The summed E-state index contributed by atoms with van der Waals surface area (Å²) in [6.07, 6.45) is 7.98. The fraction of sp³-hybridized carbons (Fsp3) is 0.485. The van der Waals surface area contributed by atoms with Crippen LogP contribution in [0.4, 0.5) is 13.2 Å². The van der Waals surface area contributed by atoms with Crippen molar-refractivity contribution < 1.29 is 31.1 Å². The first-order chi connectivity index (χ1) is 21.1. The van der Waals surface area contributed by atoms with Crippen LogP contribution in [0.25, 0.3) is 0 Å². The topological polar surface area (TPSA) is 91.5 Å². The highest BCUT2D eigenvalue weighted by Gasteiger charge is 2.33. The summed E-state index contributed by atoms with van der Waals surface area (Å²) in [5, 5.41) is 2.90. The predicted molar refractivity (Wildman–Crippen MR) is 161 cm³/mol. The first-order valence-corrected chi connectivity index (χ1v) is 16.9. The number of alkyl halides is 3. The summed E-state index contributed by atoms with van der Waals surface area (Å²) >= 11 is 0. The van der Waals surface area contributed by atoms with E-state index in [1.807, 2.05) is 6.07 Å². The number of carbonyl (C=O) groups excluding carboxylic acids is 1. The zero-order valence-electron chi connectivity index (χ0n) is 25.0. The Bertz CT molecular complexity index is 1540. The molecular formula is C33H40F3N3O4S. The molecule has 44 heavy (non-hydrogen) atoms. The minimum atomic E-state index is -4.63. The molecule has 1 saturated carbocycles. The van der Waals surface area contributed by atoms with Crippen LogP contribution in [0.3, 0.4) is 0 Å². The largest absolute Gasteiger partial charge is 0.495 e. The summed E-state index contributed by atoms with van der Waals surface area (Å²) in [5.41, 5.74) is 2.47. The molecule has 1 aliphatic heterocycles. The number of hydrogen-bond donors (Lipinski definition) is 2. The molecule has 3 aromatic rings. The second-order valence-corrected chi connectivity index (χ2v) is 13.7. The highest BCUT2D eigenvalue weighted by Crippen LogP contribution is 2.36. The summed E-state index contributed by atoms with van der Waals surface area (Å²) < 4.78 is 70.6. The van der Waals surface area contributed by atoms with Gasteiger partial charge >= 0.3 is 6.18 Å². The smallest absolute Gasteiger partial charge is 0.416 e. The number of benzene rings is 2. The van der Waals surface area contributed by atoms with Gasteiger partial charge < -0.3 is 15.0 Å². The Morgan fingerprint density at radius 3 is 2.27 bits per heavy atom. The molecule has 238 valence electrons. The molecule has 1 aliphatic carbocycles. The molecule has 0 saturated heterocycles. The Kier molecular flexibility index (Phi) is 10.0. The Labute approximate surface area is 257 Å². The first kappa shape index (κ1) is 32.1. The number of hydrogen-bond acceptors (Lipinski definition) is 5. The molecule has 0 atom stereocenters. The molecule has 2 N–H and O–H groups in total. The van der Waals surface area contributed by atoms with Gasteiger partial charge in [-0.25, -0.2) is 8.42 Å². The second kappa shape index (κ2) is 13.8. The van der Waals surface area contributed by atoms with Crippen molar-refractivity contribution in [2.75, 3.05) is 13.7 Å². The highest BCUT2D eigenvalue weighted by molar-refractivity contribution is 7.91. The number of halogens is 3. The number of H-pyrrole nitrogens is 1. The third-order valence-corrected chi connectivity index (χ3v) is 10.6. The lowest BCUT2D eigenvalue weighted by atomic mass is 9.94. The van der Waals surface area contributed by atoms with Gasteiger partial charge in [0.15, 0.2) is 0 Å². The molecule has 0 bridgehead atoms.